The summed E-state index contributed by atoms with van der Waals surface area (Å²) in [5.74, 6) is 1.57. The fourth-order valence-electron chi connectivity index (χ4n) is 3.22. The third-order valence-electron chi connectivity index (χ3n) is 4.65. The Hall–Kier alpha value is -1.75. The van der Waals surface area contributed by atoms with Gasteiger partial charge >= 0.3 is 0 Å². The van der Waals surface area contributed by atoms with Crippen LogP contribution >= 0.6 is 0 Å². The molecule has 0 bridgehead atoms. The van der Waals surface area contributed by atoms with Crippen LogP contribution in [0.25, 0.3) is 0 Å². The second-order valence-electron chi connectivity index (χ2n) is 6.82. The molecule has 2 aliphatic heterocycles. The van der Waals surface area contributed by atoms with Crippen LogP contribution in [0, 0.1) is 5.41 Å². The van der Waals surface area contributed by atoms with Crippen molar-refractivity contribution in [2.45, 2.75) is 45.7 Å². The standard InChI is InChI=1S/C17H24N2O3/c1-11(12-5-6-13-14(9-12)22-10-21-13)19-16(20)15-17(2,3)7-4-8-18-15/h5-6,9,11,15,18H,4,7-8,10H2,1-3H3,(H,19,20). The van der Waals surface area contributed by atoms with Crippen LogP contribution in [0.1, 0.15) is 45.2 Å². The highest BCUT2D eigenvalue weighted by atomic mass is 16.7. The van der Waals surface area contributed by atoms with Gasteiger partial charge in [-0.3, -0.25) is 4.79 Å². The van der Waals surface area contributed by atoms with Crippen LogP contribution in [-0.4, -0.2) is 25.3 Å². The van der Waals surface area contributed by atoms with Crippen molar-refractivity contribution in [3.8, 4) is 11.5 Å². The predicted octanol–water partition coefficient (Wildman–Crippen LogP) is 2.37. The predicted molar refractivity (Wildman–Crippen MR) is 83.9 cm³/mol. The van der Waals surface area contributed by atoms with E-state index in [1.165, 1.54) is 0 Å². The van der Waals surface area contributed by atoms with E-state index >= 15 is 0 Å². The molecule has 3 rings (SSSR count). The number of ether oxygens (including phenoxy) is 2. The van der Waals surface area contributed by atoms with Gasteiger partial charge in [-0.25, -0.2) is 0 Å². The van der Waals surface area contributed by atoms with Crippen LogP contribution in [0.2, 0.25) is 0 Å². The van der Waals surface area contributed by atoms with Gasteiger partial charge in [0.15, 0.2) is 11.5 Å². The Morgan fingerprint density at radius 2 is 2.14 bits per heavy atom. The summed E-state index contributed by atoms with van der Waals surface area (Å²) in [6, 6.07) is 5.59. The lowest BCUT2D eigenvalue weighted by atomic mass is 9.77. The number of nitrogens with one attached hydrogen (secondary N) is 2. The molecule has 5 heteroatoms. The second-order valence-corrected chi connectivity index (χ2v) is 6.82. The van der Waals surface area contributed by atoms with Crippen molar-refractivity contribution in [1.82, 2.24) is 10.6 Å². The number of benzene rings is 1. The van der Waals surface area contributed by atoms with E-state index < -0.39 is 0 Å². The van der Waals surface area contributed by atoms with Crippen molar-refractivity contribution in [2.24, 2.45) is 5.41 Å². The van der Waals surface area contributed by atoms with Crippen LogP contribution in [0.5, 0.6) is 11.5 Å². The molecule has 0 aliphatic carbocycles. The smallest absolute Gasteiger partial charge is 0.238 e. The second kappa shape index (κ2) is 5.80. The molecule has 5 nitrogen and oxygen atoms in total. The van der Waals surface area contributed by atoms with Crippen molar-refractivity contribution in [3.05, 3.63) is 23.8 Å². The molecule has 2 atom stereocenters. The molecule has 0 radical (unpaired) electrons. The highest BCUT2D eigenvalue weighted by molar-refractivity contribution is 5.83. The third-order valence-corrected chi connectivity index (χ3v) is 4.65. The van der Waals surface area contributed by atoms with Gasteiger partial charge in [0.2, 0.25) is 12.7 Å². The molecule has 1 saturated heterocycles. The molecule has 1 aromatic rings. The average molecular weight is 304 g/mol. The topological polar surface area (TPSA) is 59.6 Å². The van der Waals surface area contributed by atoms with Gasteiger partial charge in [0.1, 0.15) is 0 Å². The lowest BCUT2D eigenvalue weighted by Gasteiger charge is -2.38. The summed E-state index contributed by atoms with van der Waals surface area (Å²) in [5, 5.41) is 6.47. The van der Waals surface area contributed by atoms with Gasteiger partial charge in [0.25, 0.3) is 0 Å². The quantitative estimate of drug-likeness (QED) is 0.900. The molecule has 120 valence electrons. The van der Waals surface area contributed by atoms with Gasteiger partial charge in [-0.2, -0.15) is 0 Å². The summed E-state index contributed by atoms with van der Waals surface area (Å²) >= 11 is 0. The van der Waals surface area contributed by atoms with Gasteiger partial charge in [-0.15, -0.1) is 0 Å². The van der Waals surface area contributed by atoms with Crippen molar-refractivity contribution in [1.29, 1.82) is 0 Å². The van der Waals surface area contributed by atoms with Gasteiger partial charge in [0, 0.05) is 0 Å². The molecule has 0 saturated carbocycles. The summed E-state index contributed by atoms with van der Waals surface area (Å²) in [6.45, 7) is 7.45. The SMILES string of the molecule is CC(NC(=O)C1NCCCC1(C)C)c1ccc2c(c1)OCO2. The number of carbonyl (C=O) groups excluding carboxylic acids is 1. The first-order chi connectivity index (χ1) is 10.5. The van der Waals surface area contributed by atoms with Crippen molar-refractivity contribution in [3.63, 3.8) is 0 Å². The Kier molecular flexibility index (Phi) is 4.00. The summed E-state index contributed by atoms with van der Waals surface area (Å²) in [5.41, 5.74) is 1.00. The molecular weight excluding hydrogens is 280 g/mol. The maximum Gasteiger partial charge on any atom is 0.238 e. The lowest BCUT2D eigenvalue weighted by Crippen LogP contribution is -2.55. The van der Waals surface area contributed by atoms with E-state index in [1.807, 2.05) is 25.1 Å². The molecule has 2 N–H and O–H groups in total. The van der Waals surface area contributed by atoms with E-state index in [2.05, 4.69) is 24.5 Å². The molecule has 1 amide bonds. The first-order valence-corrected chi connectivity index (χ1v) is 7.91. The van der Waals surface area contributed by atoms with Crippen LogP contribution in [0.15, 0.2) is 18.2 Å². The van der Waals surface area contributed by atoms with E-state index in [1.54, 1.807) is 0 Å². The minimum atomic E-state index is -0.141. The van der Waals surface area contributed by atoms with Crippen molar-refractivity contribution >= 4 is 5.91 Å². The molecule has 1 aromatic carbocycles. The van der Waals surface area contributed by atoms with Crippen LogP contribution in [0.4, 0.5) is 0 Å². The minimum absolute atomic E-state index is 0.0169. The van der Waals surface area contributed by atoms with E-state index in [0.29, 0.717) is 0 Å². The van der Waals surface area contributed by atoms with Crippen molar-refractivity contribution in [2.75, 3.05) is 13.3 Å². The molecule has 2 heterocycles. The fourth-order valence-corrected chi connectivity index (χ4v) is 3.22. The number of carbonyl (C=O) groups is 1. The summed E-state index contributed by atoms with van der Waals surface area (Å²) in [6.07, 6.45) is 2.19. The number of hydrogen-bond acceptors (Lipinski definition) is 4. The Bertz CT molecular complexity index is 571. The molecular formula is C17H24N2O3. The zero-order valence-corrected chi connectivity index (χ0v) is 13.4. The monoisotopic (exact) mass is 304 g/mol. The van der Waals surface area contributed by atoms with Crippen LogP contribution < -0.4 is 20.1 Å². The van der Waals surface area contributed by atoms with E-state index in [-0.39, 0.29) is 30.2 Å². The third kappa shape index (κ3) is 2.90. The highest BCUT2D eigenvalue weighted by Gasteiger charge is 2.37. The normalized spacial score (nSPS) is 23.9. The first-order valence-electron chi connectivity index (χ1n) is 7.91. The van der Waals surface area contributed by atoms with E-state index in [0.717, 1.165) is 36.4 Å². The summed E-state index contributed by atoms with van der Waals surface area (Å²) in [7, 11) is 0. The van der Waals surface area contributed by atoms with Gasteiger partial charge in [-0.1, -0.05) is 19.9 Å². The largest absolute Gasteiger partial charge is 0.454 e. The maximum absolute atomic E-state index is 12.6. The van der Waals surface area contributed by atoms with Crippen LogP contribution in [0.3, 0.4) is 0 Å². The zero-order valence-electron chi connectivity index (χ0n) is 13.4. The highest BCUT2D eigenvalue weighted by Crippen LogP contribution is 2.34. The number of fused-ring (bicyclic) bond motifs is 1. The lowest BCUT2D eigenvalue weighted by molar-refractivity contribution is -0.127. The number of hydrogen-bond donors (Lipinski definition) is 2. The molecule has 1 fully saturated rings. The number of rotatable bonds is 3. The molecule has 0 spiro atoms. The van der Waals surface area contributed by atoms with Gasteiger partial charge in [-0.05, 0) is 49.4 Å². The van der Waals surface area contributed by atoms with Gasteiger partial charge in [0.05, 0.1) is 12.1 Å². The first kappa shape index (κ1) is 15.2. The Morgan fingerprint density at radius 3 is 2.91 bits per heavy atom. The Morgan fingerprint density at radius 1 is 1.36 bits per heavy atom. The van der Waals surface area contributed by atoms with Gasteiger partial charge < -0.3 is 20.1 Å². The Labute approximate surface area is 131 Å². The number of piperidine rings is 1. The van der Waals surface area contributed by atoms with Crippen molar-refractivity contribution < 1.29 is 14.3 Å². The van der Waals surface area contributed by atoms with Crippen LogP contribution in [-0.2, 0) is 4.79 Å². The summed E-state index contributed by atoms with van der Waals surface area (Å²) in [4.78, 5) is 12.6. The molecule has 2 unspecified atom stereocenters. The number of amides is 1. The minimum Gasteiger partial charge on any atom is -0.454 e. The fraction of sp³-hybridized carbons (Fsp3) is 0.588. The molecule has 0 aromatic heterocycles. The average Bonchev–Trinajstić information content (AvgIpc) is 2.93. The summed E-state index contributed by atoms with van der Waals surface area (Å²) < 4.78 is 10.7. The zero-order chi connectivity index (χ0) is 15.7. The molecule has 2 aliphatic rings. The van der Waals surface area contributed by atoms with E-state index in [4.69, 9.17) is 9.47 Å². The maximum atomic E-state index is 12.6. The Balaban J connectivity index is 1.68. The molecule has 22 heavy (non-hydrogen) atoms. The van der Waals surface area contributed by atoms with E-state index in [9.17, 15) is 4.79 Å².